The number of ether oxygens (including phenoxy) is 1. The van der Waals surface area contributed by atoms with Crippen LogP contribution in [0.25, 0.3) is 0 Å². The lowest BCUT2D eigenvalue weighted by Crippen LogP contribution is -2.60. The van der Waals surface area contributed by atoms with Crippen LogP contribution in [0, 0.1) is 5.92 Å². The second-order valence-electron chi connectivity index (χ2n) is 4.69. The van der Waals surface area contributed by atoms with Gasteiger partial charge in [-0.1, -0.05) is 13.3 Å². The molecule has 82 valence electrons. The zero-order chi connectivity index (χ0) is 10.2. The molecule has 1 spiro atoms. The summed E-state index contributed by atoms with van der Waals surface area (Å²) < 4.78 is 31.0. The molecular formula is C10H17F2NO. The van der Waals surface area contributed by atoms with Gasteiger partial charge in [-0.3, -0.25) is 5.32 Å². The van der Waals surface area contributed by atoms with Crippen LogP contribution in [0.15, 0.2) is 0 Å². The normalized spacial score (nSPS) is 42.6. The highest BCUT2D eigenvalue weighted by atomic mass is 19.3. The van der Waals surface area contributed by atoms with E-state index in [-0.39, 0.29) is 6.54 Å². The lowest BCUT2D eigenvalue weighted by molar-refractivity contribution is -0.208. The molecule has 2 rings (SSSR count). The van der Waals surface area contributed by atoms with Crippen molar-refractivity contribution in [2.24, 2.45) is 5.92 Å². The van der Waals surface area contributed by atoms with Gasteiger partial charge in [-0.05, 0) is 25.2 Å². The molecule has 0 aromatic rings. The van der Waals surface area contributed by atoms with Crippen molar-refractivity contribution in [3.63, 3.8) is 0 Å². The van der Waals surface area contributed by atoms with E-state index >= 15 is 0 Å². The molecule has 1 saturated carbocycles. The highest BCUT2D eigenvalue weighted by Crippen LogP contribution is 2.36. The Hall–Kier alpha value is -0.220. The molecule has 0 bridgehead atoms. The Balaban J connectivity index is 1.98. The van der Waals surface area contributed by atoms with Crippen LogP contribution in [0.5, 0.6) is 0 Å². The van der Waals surface area contributed by atoms with Crippen molar-refractivity contribution in [2.45, 2.75) is 44.3 Å². The molecule has 2 fully saturated rings. The fraction of sp³-hybridized carbons (Fsp3) is 1.00. The highest BCUT2D eigenvalue weighted by molar-refractivity contribution is 4.90. The van der Waals surface area contributed by atoms with Crippen molar-refractivity contribution >= 4 is 0 Å². The van der Waals surface area contributed by atoms with Gasteiger partial charge in [0, 0.05) is 0 Å². The third kappa shape index (κ3) is 2.06. The first-order valence-corrected chi connectivity index (χ1v) is 5.28. The van der Waals surface area contributed by atoms with Crippen LogP contribution < -0.4 is 5.32 Å². The fourth-order valence-corrected chi connectivity index (χ4v) is 2.43. The maximum absolute atomic E-state index is 12.9. The summed E-state index contributed by atoms with van der Waals surface area (Å²) in [6.07, 6.45) is 3.99. The predicted octanol–water partition coefficient (Wildman–Crippen LogP) is 2.15. The van der Waals surface area contributed by atoms with Crippen LogP contribution in [0.2, 0.25) is 0 Å². The lowest BCUT2D eigenvalue weighted by atomic mass is 9.83. The molecule has 1 heterocycles. The summed E-state index contributed by atoms with van der Waals surface area (Å²) in [6.45, 7) is 1.49. The topological polar surface area (TPSA) is 21.3 Å². The molecule has 14 heavy (non-hydrogen) atoms. The third-order valence-corrected chi connectivity index (χ3v) is 3.18. The van der Waals surface area contributed by atoms with Crippen LogP contribution in [0.1, 0.15) is 32.6 Å². The van der Waals surface area contributed by atoms with E-state index in [9.17, 15) is 8.78 Å². The Morgan fingerprint density at radius 2 is 2.21 bits per heavy atom. The maximum Gasteiger partial charge on any atom is 0.283 e. The molecule has 1 N–H and O–H groups in total. The number of hydrogen-bond donors (Lipinski definition) is 1. The van der Waals surface area contributed by atoms with Gasteiger partial charge in [0.2, 0.25) is 0 Å². The molecule has 2 unspecified atom stereocenters. The second-order valence-corrected chi connectivity index (χ2v) is 4.69. The minimum Gasteiger partial charge on any atom is -0.354 e. The molecule has 2 nitrogen and oxygen atoms in total. The summed E-state index contributed by atoms with van der Waals surface area (Å²) in [4.78, 5) is 0. The van der Waals surface area contributed by atoms with Crippen LogP contribution in [0.3, 0.4) is 0 Å². The van der Waals surface area contributed by atoms with Crippen LogP contribution in [-0.4, -0.2) is 24.8 Å². The number of alkyl halides is 2. The monoisotopic (exact) mass is 205 g/mol. The van der Waals surface area contributed by atoms with Crippen molar-refractivity contribution in [2.75, 3.05) is 13.2 Å². The van der Waals surface area contributed by atoms with Gasteiger partial charge in [0.05, 0.1) is 6.54 Å². The highest BCUT2D eigenvalue weighted by Gasteiger charge is 2.45. The zero-order valence-corrected chi connectivity index (χ0v) is 8.48. The first-order chi connectivity index (χ1) is 6.52. The summed E-state index contributed by atoms with van der Waals surface area (Å²) >= 11 is 0. The molecule has 0 radical (unpaired) electrons. The quantitative estimate of drug-likeness (QED) is 0.654. The summed E-state index contributed by atoms with van der Waals surface area (Å²) in [5.41, 5.74) is -0.445. The minimum absolute atomic E-state index is 0.236. The summed E-state index contributed by atoms with van der Waals surface area (Å²) in [5, 5.41) is 2.88. The molecular weight excluding hydrogens is 188 g/mol. The smallest absolute Gasteiger partial charge is 0.283 e. The molecule has 4 heteroatoms. The number of nitrogens with one attached hydrogen (secondary N) is 1. The zero-order valence-electron chi connectivity index (χ0n) is 8.48. The van der Waals surface area contributed by atoms with Crippen molar-refractivity contribution in [3.05, 3.63) is 0 Å². The van der Waals surface area contributed by atoms with Crippen molar-refractivity contribution in [1.82, 2.24) is 5.32 Å². The van der Waals surface area contributed by atoms with Gasteiger partial charge in [0.1, 0.15) is 12.3 Å². The van der Waals surface area contributed by atoms with Gasteiger partial charge in [0.15, 0.2) is 0 Å². The lowest BCUT2D eigenvalue weighted by Gasteiger charge is -2.45. The first kappa shape index (κ1) is 10.3. The van der Waals surface area contributed by atoms with Gasteiger partial charge < -0.3 is 4.74 Å². The molecule has 2 aliphatic rings. The van der Waals surface area contributed by atoms with Gasteiger partial charge in [-0.2, -0.15) is 0 Å². The van der Waals surface area contributed by atoms with Crippen molar-refractivity contribution in [1.29, 1.82) is 0 Å². The van der Waals surface area contributed by atoms with E-state index in [1.54, 1.807) is 0 Å². The van der Waals surface area contributed by atoms with E-state index < -0.39 is 18.3 Å². The standard InChI is InChI=1S/C10H17F2NO/c1-8-3-2-4-10(5-8)13-6-9(11,12)7-14-10/h8,13H,2-7H2,1H3. The van der Waals surface area contributed by atoms with E-state index in [2.05, 4.69) is 12.2 Å². The first-order valence-electron chi connectivity index (χ1n) is 5.28. The Morgan fingerprint density at radius 3 is 2.79 bits per heavy atom. The average Bonchev–Trinajstić information content (AvgIpc) is 2.12. The Morgan fingerprint density at radius 1 is 1.43 bits per heavy atom. The van der Waals surface area contributed by atoms with E-state index in [0.29, 0.717) is 5.92 Å². The Bertz CT molecular complexity index is 210. The van der Waals surface area contributed by atoms with Crippen molar-refractivity contribution < 1.29 is 13.5 Å². The van der Waals surface area contributed by atoms with E-state index in [4.69, 9.17) is 4.74 Å². The fourth-order valence-electron chi connectivity index (χ4n) is 2.43. The van der Waals surface area contributed by atoms with Gasteiger partial charge in [0.25, 0.3) is 5.92 Å². The van der Waals surface area contributed by atoms with Crippen LogP contribution >= 0.6 is 0 Å². The molecule has 1 saturated heterocycles. The Kier molecular flexibility index (Phi) is 2.52. The molecule has 1 aliphatic heterocycles. The largest absolute Gasteiger partial charge is 0.354 e. The van der Waals surface area contributed by atoms with Crippen molar-refractivity contribution in [3.8, 4) is 0 Å². The molecule has 0 aromatic carbocycles. The molecule has 1 aliphatic carbocycles. The summed E-state index contributed by atoms with van der Waals surface area (Å²) in [7, 11) is 0. The van der Waals surface area contributed by atoms with Gasteiger partial charge in [-0.25, -0.2) is 8.78 Å². The average molecular weight is 205 g/mol. The number of rotatable bonds is 0. The number of hydrogen-bond acceptors (Lipinski definition) is 2. The third-order valence-electron chi connectivity index (χ3n) is 3.18. The number of halogens is 2. The molecule has 2 atom stereocenters. The predicted molar refractivity (Wildman–Crippen MR) is 49.3 cm³/mol. The molecule has 0 aromatic heterocycles. The van der Waals surface area contributed by atoms with E-state index in [0.717, 1.165) is 19.3 Å². The van der Waals surface area contributed by atoms with Crippen LogP contribution in [-0.2, 0) is 4.74 Å². The van der Waals surface area contributed by atoms with Gasteiger partial charge >= 0.3 is 0 Å². The Labute approximate surface area is 83.0 Å². The minimum atomic E-state index is -2.69. The molecule has 0 amide bonds. The van der Waals surface area contributed by atoms with E-state index in [1.165, 1.54) is 6.42 Å². The summed E-state index contributed by atoms with van der Waals surface area (Å²) in [5.74, 6) is -2.12. The summed E-state index contributed by atoms with van der Waals surface area (Å²) in [6, 6.07) is 0. The van der Waals surface area contributed by atoms with Crippen LogP contribution in [0.4, 0.5) is 8.78 Å². The van der Waals surface area contributed by atoms with Gasteiger partial charge in [-0.15, -0.1) is 0 Å². The van der Waals surface area contributed by atoms with E-state index in [1.807, 2.05) is 0 Å². The SMILES string of the molecule is CC1CCCC2(C1)NCC(F)(F)CO2. The second kappa shape index (κ2) is 3.42. The maximum atomic E-state index is 12.9.